The Kier molecular flexibility index (Phi) is 2.77. The molecular formula is C9H10N4OS. The molecule has 2 heterocycles. The third-order valence-electron chi connectivity index (χ3n) is 1.93. The van der Waals surface area contributed by atoms with Crippen molar-refractivity contribution < 1.29 is 5.11 Å². The van der Waals surface area contributed by atoms with E-state index in [-0.39, 0.29) is 5.75 Å². The summed E-state index contributed by atoms with van der Waals surface area (Å²) in [5.41, 5.74) is 0.589. The van der Waals surface area contributed by atoms with Crippen LogP contribution < -0.4 is 4.72 Å². The number of thiol groups is 1. The number of nitrogens with zero attached hydrogens (tertiary/aromatic N) is 3. The van der Waals surface area contributed by atoms with Gasteiger partial charge >= 0.3 is 0 Å². The lowest BCUT2D eigenvalue weighted by Gasteiger charge is -2.02. The molecule has 0 spiro atoms. The summed E-state index contributed by atoms with van der Waals surface area (Å²) in [7, 11) is 0. The molecule has 0 aliphatic rings. The van der Waals surface area contributed by atoms with E-state index >= 15 is 0 Å². The van der Waals surface area contributed by atoms with Crippen LogP contribution in [0.4, 0.5) is 5.82 Å². The molecule has 0 fully saturated rings. The van der Waals surface area contributed by atoms with Gasteiger partial charge in [-0.25, -0.2) is 0 Å². The van der Waals surface area contributed by atoms with Crippen molar-refractivity contribution in [1.82, 2.24) is 14.8 Å². The van der Waals surface area contributed by atoms with Crippen LogP contribution in [0.25, 0.3) is 0 Å². The first kappa shape index (κ1) is 9.85. The van der Waals surface area contributed by atoms with Gasteiger partial charge in [0.1, 0.15) is 11.4 Å². The molecule has 2 aromatic heterocycles. The molecular weight excluding hydrogens is 212 g/mol. The first-order valence-electron chi connectivity index (χ1n) is 4.36. The molecule has 0 bridgehead atoms. The Balaban J connectivity index is 2.18. The summed E-state index contributed by atoms with van der Waals surface area (Å²) < 4.78 is 4.29. The van der Waals surface area contributed by atoms with Gasteiger partial charge < -0.3 is 9.83 Å². The Morgan fingerprint density at radius 3 is 3.00 bits per heavy atom. The van der Waals surface area contributed by atoms with Gasteiger partial charge in [-0.05, 0) is 12.1 Å². The van der Waals surface area contributed by atoms with Crippen LogP contribution in [-0.2, 0) is 6.54 Å². The van der Waals surface area contributed by atoms with Crippen molar-refractivity contribution in [1.29, 1.82) is 0 Å². The second kappa shape index (κ2) is 4.22. The monoisotopic (exact) mass is 222 g/mol. The summed E-state index contributed by atoms with van der Waals surface area (Å²) in [6.07, 6.45) is 3.42. The highest BCUT2D eigenvalue weighted by Crippen LogP contribution is 2.14. The highest BCUT2D eigenvalue weighted by Gasteiger charge is 2.03. The van der Waals surface area contributed by atoms with Crippen molar-refractivity contribution in [3.8, 4) is 5.75 Å². The van der Waals surface area contributed by atoms with Crippen LogP contribution in [0.2, 0.25) is 0 Å². The van der Waals surface area contributed by atoms with E-state index < -0.39 is 0 Å². The second-order valence-electron chi connectivity index (χ2n) is 2.98. The van der Waals surface area contributed by atoms with Crippen LogP contribution in [0.5, 0.6) is 5.75 Å². The molecule has 0 aliphatic heterocycles. The lowest BCUT2D eigenvalue weighted by atomic mass is 10.3. The number of hydrogen-bond acceptors (Lipinski definition) is 5. The van der Waals surface area contributed by atoms with E-state index in [1.165, 1.54) is 0 Å². The number of rotatable bonds is 3. The van der Waals surface area contributed by atoms with Crippen molar-refractivity contribution in [2.75, 3.05) is 4.72 Å². The molecule has 0 saturated carbocycles. The molecule has 15 heavy (non-hydrogen) atoms. The summed E-state index contributed by atoms with van der Waals surface area (Å²) >= 11 is 3.88. The molecule has 0 aromatic carbocycles. The average molecular weight is 222 g/mol. The molecule has 0 aliphatic carbocycles. The molecule has 2 rings (SSSR count). The zero-order chi connectivity index (χ0) is 10.7. The van der Waals surface area contributed by atoms with Gasteiger partial charge in [0, 0.05) is 18.5 Å². The minimum atomic E-state index is 0.174. The summed E-state index contributed by atoms with van der Waals surface area (Å²) in [6, 6.07) is 5.07. The van der Waals surface area contributed by atoms with Gasteiger partial charge in [-0.3, -0.25) is 9.67 Å². The lowest BCUT2D eigenvalue weighted by molar-refractivity contribution is 0.459. The van der Waals surface area contributed by atoms with Gasteiger partial charge in [0.25, 0.3) is 0 Å². The van der Waals surface area contributed by atoms with E-state index in [9.17, 15) is 5.11 Å². The van der Waals surface area contributed by atoms with E-state index in [2.05, 4.69) is 27.6 Å². The summed E-state index contributed by atoms with van der Waals surface area (Å²) in [5.74, 6) is 0.835. The van der Waals surface area contributed by atoms with Gasteiger partial charge in [0.2, 0.25) is 0 Å². The average Bonchev–Trinajstić information content (AvgIpc) is 2.69. The molecule has 0 saturated heterocycles. The topological polar surface area (TPSA) is 63.0 Å². The molecule has 0 amide bonds. The summed E-state index contributed by atoms with van der Waals surface area (Å²) in [4.78, 5) is 4.06. The van der Waals surface area contributed by atoms with E-state index in [0.717, 1.165) is 0 Å². The van der Waals surface area contributed by atoms with Crippen molar-refractivity contribution in [2.24, 2.45) is 0 Å². The molecule has 0 unspecified atom stereocenters. The van der Waals surface area contributed by atoms with Gasteiger partial charge in [-0.2, -0.15) is 5.10 Å². The molecule has 5 nitrogen and oxygen atoms in total. The first-order valence-corrected chi connectivity index (χ1v) is 4.81. The van der Waals surface area contributed by atoms with E-state index in [1.54, 1.807) is 35.3 Å². The Morgan fingerprint density at radius 1 is 1.47 bits per heavy atom. The normalized spacial score (nSPS) is 10.2. The maximum Gasteiger partial charge on any atom is 0.157 e. The first-order chi connectivity index (χ1) is 7.29. The molecule has 6 heteroatoms. The zero-order valence-corrected chi connectivity index (χ0v) is 8.72. The number of aromatic nitrogens is 3. The maximum absolute atomic E-state index is 9.50. The number of nitrogens with one attached hydrogen (secondary N) is 1. The van der Waals surface area contributed by atoms with Gasteiger partial charge in [-0.15, -0.1) is 0 Å². The fraction of sp³-hybridized carbons (Fsp3) is 0.111. The third-order valence-corrected chi connectivity index (χ3v) is 2.16. The van der Waals surface area contributed by atoms with Crippen molar-refractivity contribution >= 4 is 18.6 Å². The fourth-order valence-electron chi connectivity index (χ4n) is 1.21. The fourth-order valence-corrected chi connectivity index (χ4v) is 1.33. The van der Waals surface area contributed by atoms with Crippen LogP contribution in [-0.4, -0.2) is 19.9 Å². The van der Waals surface area contributed by atoms with E-state index in [1.807, 2.05) is 0 Å². The van der Waals surface area contributed by atoms with Crippen molar-refractivity contribution in [2.45, 2.75) is 6.54 Å². The van der Waals surface area contributed by atoms with Crippen LogP contribution in [0.15, 0.2) is 30.6 Å². The minimum Gasteiger partial charge on any atom is -0.506 e. The molecule has 2 aromatic rings. The zero-order valence-electron chi connectivity index (χ0n) is 7.83. The van der Waals surface area contributed by atoms with Gasteiger partial charge in [0.05, 0.1) is 6.54 Å². The smallest absolute Gasteiger partial charge is 0.157 e. The number of aromatic hydroxyl groups is 1. The van der Waals surface area contributed by atoms with E-state index in [4.69, 9.17) is 0 Å². The second-order valence-corrected chi connectivity index (χ2v) is 3.20. The van der Waals surface area contributed by atoms with Crippen molar-refractivity contribution in [3.05, 3.63) is 36.3 Å². The Bertz CT molecular complexity index is 457. The van der Waals surface area contributed by atoms with Crippen LogP contribution in [0, 0.1) is 0 Å². The van der Waals surface area contributed by atoms with Crippen molar-refractivity contribution in [3.63, 3.8) is 0 Å². The van der Waals surface area contributed by atoms with Crippen LogP contribution in [0.1, 0.15) is 5.69 Å². The summed E-state index contributed by atoms with van der Waals surface area (Å²) in [6.45, 7) is 0.433. The van der Waals surface area contributed by atoms with Crippen LogP contribution in [0.3, 0.4) is 0 Å². The number of pyridine rings is 1. The molecule has 0 atom stereocenters. The molecule has 2 N–H and O–H groups in total. The van der Waals surface area contributed by atoms with Gasteiger partial charge in [0.15, 0.2) is 5.82 Å². The Morgan fingerprint density at radius 2 is 2.33 bits per heavy atom. The third kappa shape index (κ3) is 2.21. The highest BCUT2D eigenvalue weighted by molar-refractivity contribution is 7.81. The van der Waals surface area contributed by atoms with Crippen LogP contribution >= 0.6 is 12.8 Å². The predicted octanol–water partition coefficient (Wildman–Crippen LogP) is 1.29. The largest absolute Gasteiger partial charge is 0.506 e. The minimum absolute atomic E-state index is 0.174. The maximum atomic E-state index is 9.50. The molecule has 0 radical (unpaired) electrons. The standard InChI is InChI=1S/C9H10N4OS/c14-8-2-1-4-10-7(8)6-13-5-3-9(11-13)12-15/h1-5,14-15H,6H2,(H,11,12). The quantitative estimate of drug-likeness (QED) is 0.685. The lowest BCUT2D eigenvalue weighted by Crippen LogP contribution is -2.02. The van der Waals surface area contributed by atoms with Gasteiger partial charge in [-0.1, -0.05) is 12.8 Å². The Hall–Kier alpha value is -1.69. The highest BCUT2D eigenvalue weighted by atomic mass is 32.1. The molecule has 78 valence electrons. The number of hydrogen-bond donors (Lipinski definition) is 3. The number of anilines is 1. The predicted molar refractivity (Wildman–Crippen MR) is 59.8 cm³/mol. The van der Waals surface area contributed by atoms with E-state index in [0.29, 0.717) is 18.1 Å². The SMILES string of the molecule is Oc1cccnc1Cn1ccc(NS)n1. The Labute approximate surface area is 92.3 Å². The summed E-state index contributed by atoms with van der Waals surface area (Å²) in [5, 5.41) is 13.6.